The molecule has 4 rings (SSSR count). The number of aryl methyl sites for hydroxylation is 1. The van der Waals surface area contributed by atoms with Crippen LogP contribution in [0.25, 0.3) is 34.0 Å². The van der Waals surface area contributed by atoms with Crippen LogP contribution in [0, 0.1) is 6.92 Å². The average Bonchev–Trinajstić information content (AvgIpc) is 3.29. The number of rotatable bonds is 7. The van der Waals surface area contributed by atoms with Crippen molar-refractivity contribution in [1.29, 1.82) is 0 Å². The van der Waals surface area contributed by atoms with Crippen molar-refractivity contribution in [3.8, 4) is 39.7 Å². The van der Waals surface area contributed by atoms with Crippen molar-refractivity contribution in [3.05, 3.63) is 77.4 Å². The number of aliphatic hydroxyl groups is 1. The van der Waals surface area contributed by atoms with Gasteiger partial charge in [0.1, 0.15) is 5.75 Å². The molecule has 1 N–H and O–H groups in total. The van der Waals surface area contributed by atoms with Crippen LogP contribution in [0.4, 0.5) is 0 Å². The predicted octanol–water partition coefficient (Wildman–Crippen LogP) is 5.03. The van der Waals surface area contributed by atoms with E-state index in [-0.39, 0.29) is 6.61 Å². The molecule has 0 amide bonds. The van der Waals surface area contributed by atoms with Gasteiger partial charge in [-0.1, -0.05) is 41.6 Å². The molecule has 1 aromatic heterocycles. The van der Waals surface area contributed by atoms with E-state index in [1.807, 2.05) is 67.6 Å². The molecule has 0 radical (unpaired) electrons. The van der Waals surface area contributed by atoms with Crippen LogP contribution in [0.3, 0.4) is 0 Å². The summed E-state index contributed by atoms with van der Waals surface area (Å²) in [5, 5.41) is 13.5. The zero-order valence-corrected chi connectivity index (χ0v) is 17.8. The highest BCUT2D eigenvalue weighted by molar-refractivity contribution is 5.76. The first-order valence-corrected chi connectivity index (χ1v) is 9.94. The molecule has 0 spiro atoms. The third-order valence-corrected chi connectivity index (χ3v) is 5.25. The second-order valence-corrected chi connectivity index (χ2v) is 7.23. The van der Waals surface area contributed by atoms with E-state index in [9.17, 15) is 5.11 Å². The van der Waals surface area contributed by atoms with Crippen LogP contribution in [-0.2, 0) is 18.0 Å². The fourth-order valence-electron chi connectivity index (χ4n) is 3.60. The topological polar surface area (TPSA) is 77.6 Å². The number of nitrogens with zero attached hydrogens (tertiary/aromatic N) is 2. The van der Waals surface area contributed by atoms with E-state index in [4.69, 9.17) is 14.0 Å². The average molecular weight is 416 g/mol. The monoisotopic (exact) mass is 416 g/mol. The number of benzene rings is 3. The quantitative estimate of drug-likeness (QED) is 0.455. The van der Waals surface area contributed by atoms with Crippen molar-refractivity contribution in [2.24, 2.45) is 0 Å². The van der Waals surface area contributed by atoms with Gasteiger partial charge in [-0.2, -0.15) is 4.98 Å². The molecule has 0 atom stereocenters. The maximum Gasteiger partial charge on any atom is 0.258 e. The van der Waals surface area contributed by atoms with Crippen LogP contribution in [0.1, 0.15) is 16.7 Å². The summed E-state index contributed by atoms with van der Waals surface area (Å²) < 4.78 is 16.5. The summed E-state index contributed by atoms with van der Waals surface area (Å²) in [7, 11) is 3.33. The fourth-order valence-corrected chi connectivity index (χ4v) is 3.60. The van der Waals surface area contributed by atoms with Crippen LogP contribution >= 0.6 is 0 Å². The van der Waals surface area contributed by atoms with Crippen LogP contribution in [0.15, 0.2) is 65.2 Å². The Hall–Kier alpha value is -3.48. The minimum Gasteiger partial charge on any atom is -0.496 e. The maximum absolute atomic E-state index is 9.37. The van der Waals surface area contributed by atoms with E-state index < -0.39 is 0 Å². The summed E-state index contributed by atoms with van der Waals surface area (Å²) in [4.78, 5) is 4.58. The van der Waals surface area contributed by atoms with E-state index in [0.29, 0.717) is 18.3 Å². The summed E-state index contributed by atoms with van der Waals surface area (Å²) in [5.74, 6) is 1.74. The molecule has 0 aliphatic rings. The zero-order valence-electron chi connectivity index (χ0n) is 17.8. The minimum atomic E-state index is 0.00440. The number of ether oxygens (including phenoxy) is 2. The smallest absolute Gasteiger partial charge is 0.258 e. The SMILES string of the molecule is COCc1cc(-c2nc(-c3ccc(CO)c(C)c3)no2)ccc1-c1ccccc1OC. The molecule has 1 heterocycles. The molecule has 0 unspecified atom stereocenters. The van der Waals surface area contributed by atoms with Gasteiger partial charge in [-0.05, 0) is 53.4 Å². The Morgan fingerprint density at radius 2 is 1.71 bits per heavy atom. The van der Waals surface area contributed by atoms with Gasteiger partial charge in [0, 0.05) is 23.8 Å². The first kappa shape index (κ1) is 20.8. The van der Waals surface area contributed by atoms with Crippen molar-refractivity contribution in [2.75, 3.05) is 14.2 Å². The van der Waals surface area contributed by atoms with Gasteiger partial charge < -0.3 is 19.1 Å². The predicted molar refractivity (Wildman–Crippen MR) is 119 cm³/mol. The molecule has 0 saturated carbocycles. The second kappa shape index (κ2) is 9.12. The molecule has 31 heavy (non-hydrogen) atoms. The third-order valence-electron chi connectivity index (χ3n) is 5.25. The van der Waals surface area contributed by atoms with E-state index in [1.165, 1.54) is 0 Å². The van der Waals surface area contributed by atoms with E-state index in [1.54, 1.807) is 14.2 Å². The summed E-state index contributed by atoms with van der Waals surface area (Å²) in [6.45, 7) is 2.39. The number of aliphatic hydroxyl groups excluding tert-OH is 1. The number of para-hydroxylation sites is 1. The van der Waals surface area contributed by atoms with Crippen LogP contribution in [0.5, 0.6) is 5.75 Å². The molecule has 3 aromatic carbocycles. The first-order valence-electron chi connectivity index (χ1n) is 9.94. The highest BCUT2D eigenvalue weighted by atomic mass is 16.5. The number of hydrogen-bond donors (Lipinski definition) is 1. The zero-order chi connectivity index (χ0) is 21.8. The van der Waals surface area contributed by atoms with Crippen molar-refractivity contribution < 1.29 is 19.1 Å². The van der Waals surface area contributed by atoms with Gasteiger partial charge >= 0.3 is 0 Å². The highest BCUT2D eigenvalue weighted by Gasteiger charge is 2.16. The standard InChI is InChI=1S/C25H24N2O4/c1-16-12-17(8-9-19(16)14-28)24-26-25(31-27-24)18-10-11-21(20(13-18)15-29-2)22-6-4-5-7-23(22)30-3/h4-13,28H,14-15H2,1-3H3. The van der Waals surface area contributed by atoms with Gasteiger partial charge in [0.2, 0.25) is 5.82 Å². The minimum absolute atomic E-state index is 0.00440. The van der Waals surface area contributed by atoms with Gasteiger partial charge in [0.15, 0.2) is 0 Å². The molecular formula is C25H24N2O4. The molecule has 0 saturated heterocycles. The van der Waals surface area contributed by atoms with Gasteiger partial charge in [-0.25, -0.2) is 0 Å². The molecule has 158 valence electrons. The van der Waals surface area contributed by atoms with E-state index in [2.05, 4.69) is 10.1 Å². The summed E-state index contributed by atoms with van der Waals surface area (Å²) in [5.41, 5.74) is 6.53. The molecule has 6 nitrogen and oxygen atoms in total. The van der Waals surface area contributed by atoms with Crippen molar-refractivity contribution in [2.45, 2.75) is 20.1 Å². The lowest BCUT2D eigenvalue weighted by Gasteiger charge is -2.13. The van der Waals surface area contributed by atoms with Crippen LogP contribution in [-0.4, -0.2) is 29.5 Å². The summed E-state index contributed by atoms with van der Waals surface area (Å²) in [6.07, 6.45) is 0. The van der Waals surface area contributed by atoms with Gasteiger partial charge in [-0.3, -0.25) is 0 Å². The molecule has 4 aromatic rings. The Balaban J connectivity index is 1.71. The molecule has 0 aliphatic heterocycles. The Morgan fingerprint density at radius 1 is 0.903 bits per heavy atom. The Labute approximate surface area is 181 Å². The lowest BCUT2D eigenvalue weighted by molar-refractivity contribution is 0.185. The number of aromatic nitrogens is 2. The molecular weight excluding hydrogens is 392 g/mol. The normalized spacial score (nSPS) is 11.0. The number of hydrogen-bond acceptors (Lipinski definition) is 6. The molecule has 0 bridgehead atoms. The summed E-state index contributed by atoms with van der Waals surface area (Å²) >= 11 is 0. The lowest BCUT2D eigenvalue weighted by atomic mass is 9.97. The van der Waals surface area contributed by atoms with Gasteiger partial charge in [-0.15, -0.1) is 0 Å². The molecule has 0 fully saturated rings. The van der Waals surface area contributed by atoms with Gasteiger partial charge in [0.25, 0.3) is 5.89 Å². The summed E-state index contributed by atoms with van der Waals surface area (Å²) in [6, 6.07) is 19.6. The number of methoxy groups -OCH3 is 2. The Kier molecular flexibility index (Phi) is 6.11. The largest absolute Gasteiger partial charge is 0.496 e. The van der Waals surface area contributed by atoms with Crippen molar-refractivity contribution in [1.82, 2.24) is 10.1 Å². The Morgan fingerprint density at radius 3 is 2.45 bits per heavy atom. The van der Waals surface area contributed by atoms with Crippen LogP contribution < -0.4 is 4.74 Å². The van der Waals surface area contributed by atoms with E-state index in [0.717, 1.165) is 44.7 Å². The molecule has 0 aliphatic carbocycles. The molecule has 6 heteroatoms. The van der Waals surface area contributed by atoms with E-state index >= 15 is 0 Å². The highest BCUT2D eigenvalue weighted by Crippen LogP contribution is 2.35. The second-order valence-electron chi connectivity index (χ2n) is 7.23. The lowest BCUT2D eigenvalue weighted by Crippen LogP contribution is -1.95. The van der Waals surface area contributed by atoms with Crippen molar-refractivity contribution in [3.63, 3.8) is 0 Å². The Bertz CT molecular complexity index is 1200. The maximum atomic E-state index is 9.37. The third kappa shape index (κ3) is 4.21. The van der Waals surface area contributed by atoms with Crippen LogP contribution in [0.2, 0.25) is 0 Å². The first-order chi connectivity index (χ1) is 15.1. The fraction of sp³-hybridized carbons (Fsp3) is 0.200. The van der Waals surface area contributed by atoms with Crippen molar-refractivity contribution >= 4 is 0 Å². The van der Waals surface area contributed by atoms with Gasteiger partial charge in [0.05, 0.1) is 20.3 Å².